The van der Waals surface area contributed by atoms with Gasteiger partial charge >= 0.3 is 0 Å². The van der Waals surface area contributed by atoms with Crippen LogP contribution in [0.3, 0.4) is 0 Å². The third kappa shape index (κ3) is 1.71. The van der Waals surface area contributed by atoms with Crippen molar-refractivity contribution in [3.05, 3.63) is 35.9 Å². The molecule has 2 aliphatic rings. The van der Waals surface area contributed by atoms with E-state index in [0.717, 1.165) is 13.0 Å². The van der Waals surface area contributed by atoms with E-state index in [-0.39, 0.29) is 12.0 Å². The highest BCUT2D eigenvalue weighted by atomic mass is 16.3. The molecule has 1 aromatic carbocycles. The van der Waals surface area contributed by atoms with Crippen LogP contribution in [0.15, 0.2) is 30.3 Å². The lowest BCUT2D eigenvalue weighted by Gasteiger charge is -2.40. The minimum absolute atomic E-state index is 0.00167. The van der Waals surface area contributed by atoms with Gasteiger partial charge in [-0.15, -0.1) is 0 Å². The van der Waals surface area contributed by atoms with Crippen molar-refractivity contribution in [2.45, 2.75) is 37.1 Å². The Bertz CT molecular complexity index is 378. The average molecular weight is 231 g/mol. The van der Waals surface area contributed by atoms with E-state index in [1.165, 1.54) is 31.4 Å². The molecule has 1 aromatic rings. The van der Waals surface area contributed by atoms with Gasteiger partial charge in [0.2, 0.25) is 0 Å². The molecule has 2 nitrogen and oxygen atoms in total. The largest absolute Gasteiger partial charge is 0.395 e. The Morgan fingerprint density at radius 1 is 1.18 bits per heavy atom. The number of hydrogen-bond acceptors (Lipinski definition) is 2. The van der Waals surface area contributed by atoms with Crippen LogP contribution in [0.2, 0.25) is 0 Å². The Balaban J connectivity index is 1.97. The van der Waals surface area contributed by atoms with Crippen LogP contribution in [0, 0.1) is 0 Å². The zero-order valence-corrected chi connectivity index (χ0v) is 10.3. The molecule has 2 heteroatoms. The van der Waals surface area contributed by atoms with E-state index in [1.54, 1.807) is 0 Å². The van der Waals surface area contributed by atoms with Gasteiger partial charge in [-0.1, -0.05) is 36.8 Å². The molecule has 0 bridgehead atoms. The van der Waals surface area contributed by atoms with Crippen molar-refractivity contribution in [3.8, 4) is 0 Å². The summed E-state index contributed by atoms with van der Waals surface area (Å²) in [7, 11) is 0. The lowest BCUT2D eigenvalue weighted by molar-refractivity contribution is 0.108. The highest BCUT2D eigenvalue weighted by Crippen LogP contribution is 2.43. The summed E-state index contributed by atoms with van der Waals surface area (Å²) in [4.78, 5) is 2.59. The molecule has 2 fully saturated rings. The molecule has 0 spiro atoms. The van der Waals surface area contributed by atoms with Crippen molar-refractivity contribution >= 4 is 0 Å². The molecule has 0 saturated carbocycles. The van der Waals surface area contributed by atoms with Crippen molar-refractivity contribution in [1.82, 2.24) is 4.90 Å². The average Bonchev–Trinajstić information content (AvgIpc) is 2.80. The molecule has 1 N–H and O–H groups in total. The summed E-state index contributed by atoms with van der Waals surface area (Å²) in [5.41, 5.74) is 1.33. The normalized spacial score (nSPS) is 33.6. The molecule has 2 aliphatic heterocycles. The fourth-order valence-corrected chi connectivity index (χ4v) is 3.78. The van der Waals surface area contributed by atoms with E-state index < -0.39 is 0 Å². The molecule has 3 rings (SSSR count). The molecule has 0 aromatic heterocycles. The van der Waals surface area contributed by atoms with Crippen LogP contribution in [0.5, 0.6) is 0 Å². The van der Waals surface area contributed by atoms with Gasteiger partial charge in [0.25, 0.3) is 0 Å². The predicted molar refractivity (Wildman–Crippen MR) is 69.0 cm³/mol. The Labute approximate surface area is 103 Å². The number of piperidine rings is 1. The number of benzene rings is 1. The fraction of sp³-hybridized carbons (Fsp3) is 0.600. The van der Waals surface area contributed by atoms with Gasteiger partial charge in [-0.2, -0.15) is 0 Å². The molecule has 2 heterocycles. The van der Waals surface area contributed by atoms with Crippen LogP contribution in [-0.2, 0) is 5.41 Å². The second kappa shape index (κ2) is 4.43. The highest BCUT2D eigenvalue weighted by molar-refractivity contribution is 5.30. The Morgan fingerprint density at radius 2 is 2.00 bits per heavy atom. The van der Waals surface area contributed by atoms with Crippen molar-refractivity contribution < 1.29 is 5.11 Å². The number of fused-ring (bicyclic) bond motifs is 1. The van der Waals surface area contributed by atoms with Crippen LogP contribution in [0.4, 0.5) is 0 Å². The predicted octanol–water partition coefficient (Wildman–Crippen LogP) is 2.17. The Kier molecular flexibility index (Phi) is 2.93. The molecule has 92 valence electrons. The van der Waals surface area contributed by atoms with Gasteiger partial charge in [0.1, 0.15) is 0 Å². The van der Waals surface area contributed by atoms with Crippen LogP contribution >= 0.6 is 0 Å². The van der Waals surface area contributed by atoms with Gasteiger partial charge in [0.05, 0.1) is 6.61 Å². The van der Waals surface area contributed by atoms with Crippen molar-refractivity contribution in [2.24, 2.45) is 0 Å². The summed E-state index contributed by atoms with van der Waals surface area (Å²) in [6.45, 7) is 2.66. The third-order valence-corrected chi connectivity index (χ3v) is 4.73. The molecular weight excluding hydrogens is 210 g/mol. The van der Waals surface area contributed by atoms with Crippen molar-refractivity contribution in [1.29, 1.82) is 0 Å². The van der Waals surface area contributed by atoms with Gasteiger partial charge in [0.15, 0.2) is 0 Å². The molecule has 0 aliphatic carbocycles. The number of hydrogen-bond donors (Lipinski definition) is 1. The topological polar surface area (TPSA) is 23.5 Å². The maximum atomic E-state index is 9.98. The standard InChI is InChI=1S/C15H21NO/c17-12-15(13-6-2-1-3-7-13)9-11-16-10-5-4-8-14(15)16/h1-3,6-7,14,17H,4-5,8-12H2. The summed E-state index contributed by atoms with van der Waals surface area (Å²) in [6, 6.07) is 11.2. The zero-order valence-electron chi connectivity index (χ0n) is 10.3. The van der Waals surface area contributed by atoms with Crippen molar-refractivity contribution in [3.63, 3.8) is 0 Å². The van der Waals surface area contributed by atoms with Crippen LogP contribution in [0.25, 0.3) is 0 Å². The summed E-state index contributed by atoms with van der Waals surface area (Å²) in [6.07, 6.45) is 5.00. The van der Waals surface area contributed by atoms with E-state index in [1.807, 2.05) is 0 Å². The van der Waals surface area contributed by atoms with Gasteiger partial charge < -0.3 is 5.11 Å². The number of nitrogens with zero attached hydrogens (tertiary/aromatic N) is 1. The zero-order chi connectivity index (χ0) is 11.7. The van der Waals surface area contributed by atoms with E-state index in [0.29, 0.717) is 6.04 Å². The van der Waals surface area contributed by atoms with Crippen molar-refractivity contribution in [2.75, 3.05) is 19.7 Å². The van der Waals surface area contributed by atoms with Gasteiger partial charge in [-0.3, -0.25) is 4.90 Å². The molecular formula is C15H21NO. The number of rotatable bonds is 2. The quantitative estimate of drug-likeness (QED) is 0.843. The first-order chi connectivity index (χ1) is 8.37. The first-order valence-corrected chi connectivity index (χ1v) is 6.77. The smallest absolute Gasteiger partial charge is 0.0543 e. The summed E-state index contributed by atoms with van der Waals surface area (Å²) >= 11 is 0. The molecule has 17 heavy (non-hydrogen) atoms. The van der Waals surface area contributed by atoms with Crippen LogP contribution in [0.1, 0.15) is 31.2 Å². The molecule has 0 amide bonds. The maximum Gasteiger partial charge on any atom is 0.0543 e. The lowest BCUT2D eigenvalue weighted by atomic mass is 9.72. The molecule has 2 saturated heterocycles. The van der Waals surface area contributed by atoms with Gasteiger partial charge in [-0.05, 0) is 37.9 Å². The summed E-state index contributed by atoms with van der Waals surface area (Å²) in [5, 5.41) is 9.98. The SMILES string of the molecule is OCC1(c2ccccc2)CCN2CCCCC21. The first kappa shape index (κ1) is 11.2. The van der Waals surface area contributed by atoms with Gasteiger partial charge in [-0.25, -0.2) is 0 Å². The fourth-order valence-electron chi connectivity index (χ4n) is 3.78. The maximum absolute atomic E-state index is 9.98. The van der Waals surface area contributed by atoms with E-state index in [4.69, 9.17) is 0 Å². The number of aliphatic hydroxyl groups excluding tert-OH is 1. The monoisotopic (exact) mass is 231 g/mol. The molecule has 2 atom stereocenters. The molecule has 2 unspecified atom stereocenters. The van der Waals surface area contributed by atoms with E-state index in [2.05, 4.69) is 35.2 Å². The van der Waals surface area contributed by atoms with E-state index >= 15 is 0 Å². The minimum atomic E-state index is 0.00167. The Hall–Kier alpha value is -0.860. The highest BCUT2D eigenvalue weighted by Gasteiger charge is 2.48. The van der Waals surface area contributed by atoms with E-state index in [9.17, 15) is 5.11 Å². The summed E-state index contributed by atoms with van der Waals surface area (Å²) in [5.74, 6) is 0. The first-order valence-electron chi connectivity index (χ1n) is 6.77. The summed E-state index contributed by atoms with van der Waals surface area (Å²) < 4.78 is 0. The Morgan fingerprint density at radius 3 is 2.76 bits per heavy atom. The third-order valence-electron chi connectivity index (χ3n) is 4.73. The van der Waals surface area contributed by atoms with Crippen LogP contribution < -0.4 is 0 Å². The van der Waals surface area contributed by atoms with Crippen LogP contribution in [-0.4, -0.2) is 35.7 Å². The number of aliphatic hydroxyl groups is 1. The molecule has 0 radical (unpaired) electrons. The lowest BCUT2D eigenvalue weighted by Crippen LogP contribution is -2.47. The second-order valence-corrected chi connectivity index (χ2v) is 5.48. The minimum Gasteiger partial charge on any atom is -0.395 e. The van der Waals surface area contributed by atoms with Gasteiger partial charge in [0, 0.05) is 11.5 Å². The second-order valence-electron chi connectivity index (χ2n) is 5.48.